The lowest BCUT2D eigenvalue weighted by atomic mass is 10.1. The number of nitrogens with zero attached hydrogens (tertiary/aromatic N) is 3. The monoisotopic (exact) mass is 302 g/mol. The molecule has 1 amide bonds. The van der Waals surface area contributed by atoms with Crippen LogP contribution in [0.3, 0.4) is 0 Å². The number of aromatic nitrogens is 1. The highest BCUT2D eigenvalue weighted by Gasteiger charge is 2.31. The van der Waals surface area contributed by atoms with E-state index in [2.05, 4.69) is 20.1 Å². The molecular weight excluding hydrogens is 284 g/mol. The van der Waals surface area contributed by atoms with E-state index < -0.39 is 0 Å². The summed E-state index contributed by atoms with van der Waals surface area (Å²) in [7, 11) is 0. The van der Waals surface area contributed by atoms with Crippen LogP contribution in [-0.2, 0) is 0 Å². The number of piperazine rings is 3. The molecule has 3 aliphatic rings. The quantitative estimate of drug-likeness (QED) is 0.920. The van der Waals surface area contributed by atoms with Crippen LogP contribution in [0.25, 0.3) is 10.2 Å². The lowest BCUT2D eigenvalue weighted by Gasteiger charge is -2.47. The van der Waals surface area contributed by atoms with Gasteiger partial charge in [0.25, 0.3) is 5.91 Å². The van der Waals surface area contributed by atoms with Crippen LogP contribution >= 0.6 is 11.3 Å². The molecule has 3 saturated heterocycles. The molecule has 21 heavy (non-hydrogen) atoms. The van der Waals surface area contributed by atoms with Gasteiger partial charge in [-0.25, -0.2) is 4.98 Å². The van der Waals surface area contributed by atoms with Crippen molar-refractivity contribution in [2.45, 2.75) is 6.04 Å². The Hall–Kier alpha value is -1.50. The van der Waals surface area contributed by atoms with Gasteiger partial charge in [-0.1, -0.05) is 12.1 Å². The van der Waals surface area contributed by atoms with Gasteiger partial charge in [0, 0.05) is 45.3 Å². The second kappa shape index (κ2) is 5.36. The van der Waals surface area contributed by atoms with Crippen molar-refractivity contribution >= 4 is 27.5 Å². The van der Waals surface area contributed by atoms with Crippen LogP contribution in [0.5, 0.6) is 0 Å². The number of carbonyl (C=O) groups is 1. The average Bonchev–Trinajstić information content (AvgIpc) is 2.98. The number of nitrogens with one attached hydrogen (secondary N) is 1. The summed E-state index contributed by atoms with van der Waals surface area (Å²) in [6, 6.07) is 8.32. The number of carbonyl (C=O) groups excluding carboxylic acids is 1. The average molecular weight is 302 g/mol. The molecule has 1 unspecified atom stereocenters. The fourth-order valence-electron chi connectivity index (χ4n) is 3.17. The Morgan fingerprint density at radius 1 is 1.29 bits per heavy atom. The first-order chi connectivity index (χ1) is 10.3. The summed E-state index contributed by atoms with van der Waals surface area (Å²) in [4.78, 5) is 21.6. The third-order valence-electron chi connectivity index (χ3n) is 4.38. The lowest BCUT2D eigenvalue weighted by molar-refractivity contribution is 0.0138. The normalized spacial score (nSPS) is 27.9. The number of rotatable bonds is 3. The van der Waals surface area contributed by atoms with Crippen molar-refractivity contribution in [2.75, 3.05) is 39.3 Å². The summed E-state index contributed by atoms with van der Waals surface area (Å²) in [5.41, 5.74) is 0.902. The zero-order valence-electron chi connectivity index (χ0n) is 11.8. The van der Waals surface area contributed by atoms with E-state index in [1.54, 1.807) is 0 Å². The fourth-order valence-corrected chi connectivity index (χ4v) is 4.06. The molecular formula is C15H18N4OS. The smallest absolute Gasteiger partial charge is 0.280 e. The molecule has 4 heterocycles. The molecule has 1 aromatic heterocycles. The molecule has 0 saturated carbocycles. The second-order valence-electron chi connectivity index (χ2n) is 5.69. The summed E-state index contributed by atoms with van der Waals surface area (Å²) in [5.74, 6) is -0.0474. The Morgan fingerprint density at radius 3 is 2.81 bits per heavy atom. The Kier molecular flexibility index (Phi) is 3.37. The fraction of sp³-hybridized carbons (Fsp3) is 0.467. The van der Waals surface area contributed by atoms with Crippen molar-refractivity contribution in [3.05, 3.63) is 29.3 Å². The molecule has 6 heteroatoms. The van der Waals surface area contributed by atoms with Crippen molar-refractivity contribution in [2.24, 2.45) is 0 Å². The number of amides is 1. The maximum atomic E-state index is 12.3. The molecule has 0 spiro atoms. The van der Waals surface area contributed by atoms with Gasteiger partial charge in [0.1, 0.15) is 0 Å². The maximum absolute atomic E-state index is 12.3. The van der Waals surface area contributed by atoms with Crippen molar-refractivity contribution in [3.63, 3.8) is 0 Å². The van der Waals surface area contributed by atoms with Gasteiger partial charge in [0.05, 0.1) is 10.2 Å². The molecule has 3 fully saturated rings. The van der Waals surface area contributed by atoms with Crippen molar-refractivity contribution in [1.82, 2.24) is 20.1 Å². The van der Waals surface area contributed by atoms with Crippen molar-refractivity contribution in [3.8, 4) is 0 Å². The summed E-state index contributed by atoms with van der Waals surface area (Å²) in [5, 5.41) is 3.62. The van der Waals surface area contributed by atoms with Crippen LogP contribution in [-0.4, -0.2) is 66.0 Å². The molecule has 1 aromatic carbocycles. The van der Waals surface area contributed by atoms with Crippen molar-refractivity contribution < 1.29 is 4.79 Å². The molecule has 3 aliphatic heterocycles. The number of hydrogen-bond acceptors (Lipinski definition) is 5. The maximum Gasteiger partial charge on any atom is 0.280 e. The van der Waals surface area contributed by atoms with Crippen LogP contribution < -0.4 is 5.32 Å². The molecule has 0 radical (unpaired) electrons. The van der Waals surface area contributed by atoms with Gasteiger partial charge < -0.3 is 5.32 Å². The highest BCUT2D eigenvalue weighted by Crippen LogP contribution is 2.21. The van der Waals surface area contributed by atoms with E-state index in [1.807, 2.05) is 24.3 Å². The number of fused-ring (bicyclic) bond motifs is 4. The second-order valence-corrected chi connectivity index (χ2v) is 6.72. The van der Waals surface area contributed by atoms with E-state index in [-0.39, 0.29) is 5.91 Å². The number of hydrogen-bond donors (Lipinski definition) is 1. The zero-order chi connectivity index (χ0) is 14.2. The first-order valence-corrected chi connectivity index (χ1v) is 8.21. The minimum atomic E-state index is -0.0474. The van der Waals surface area contributed by atoms with Crippen LogP contribution in [0.15, 0.2) is 24.3 Å². The van der Waals surface area contributed by atoms with Gasteiger partial charge >= 0.3 is 0 Å². The molecule has 2 aromatic rings. The van der Waals surface area contributed by atoms with E-state index in [1.165, 1.54) is 24.4 Å². The SMILES string of the molecule is O=C(NCC1CN2CCN1CC2)c1nc2ccccc2s1. The third-order valence-corrected chi connectivity index (χ3v) is 5.41. The summed E-state index contributed by atoms with van der Waals surface area (Å²) in [6.45, 7) is 6.37. The minimum absolute atomic E-state index is 0.0474. The molecule has 0 aliphatic carbocycles. The van der Waals surface area contributed by atoms with Gasteiger partial charge in [0.15, 0.2) is 5.01 Å². The van der Waals surface area contributed by atoms with Crippen LogP contribution in [0, 0.1) is 0 Å². The number of benzene rings is 1. The third kappa shape index (κ3) is 2.54. The first kappa shape index (κ1) is 13.2. The predicted molar refractivity (Wildman–Crippen MR) is 83.8 cm³/mol. The highest BCUT2D eigenvalue weighted by molar-refractivity contribution is 7.20. The lowest BCUT2D eigenvalue weighted by Crippen LogP contribution is -2.63. The van der Waals surface area contributed by atoms with E-state index >= 15 is 0 Å². The molecule has 2 bridgehead atoms. The number of thiazole rings is 1. The Bertz CT molecular complexity index is 629. The van der Waals surface area contributed by atoms with Gasteiger partial charge in [-0.15, -0.1) is 11.3 Å². The standard InChI is InChI=1S/C15H18N4OS/c20-14(15-17-12-3-1-2-4-13(12)21-15)16-9-11-10-18-5-7-19(11)8-6-18/h1-4,11H,5-10H2,(H,16,20). The summed E-state index contributed by atoms with van der Waals surface area (Å²) >= 11 is 1.46. The largest absolute Gasteiger partial charge is 0.348 e. The number of para-hydroxylation sites is 1. The molecule has 1 atom stereocenters. The predicted octanol–water partition coefficient (Wildman–Crippen LogP) is 1.03. The Morgan fingerprint density at radius 2 is 2.10 bits per heavy atom. The topological polar surface area (TPSA) is 48.5 Å². The minimum Gasteiger partial charge on any atom is -0.348 e. The van der Waals surface area contributed by atoms with Gasteiger partial charge in [-0.3, -0.25) is 14.6 Å². The Balaban J connectivity index is 1.41. The van der Waals surface area contributed by atoms with Gasteiger partial charge in [-0.05, 0) is 12.1 Å². The van der Waals surface area contributed by atoms with Gasteiger partial charge in [0.2, 0.25) is 0 Å². The highest BCUT2D eigenvalue weighted by atomic mass is 32.1. The van der Waals surface area contributed by atoms with Crippen molar-refractivity contribution in [1.29, 1.82) is 0 Å². The Labute approximate surface area is 127 Å². The zero-order valence-corrected chi connectivity index (χ0v) is 12.6. The molecule has 1 N–H and O–H groups in total. The van der Waals surface area contributed by atoms with Crippen LogP contribution in [0.1, 0.15) is 9.80 Å². The first-order valence-electron chi connectivity index (χ1n) is 7.40. The van der Waals surface area contributed by atoms with E-state index in [4.69, 9.17) is 0 Å². The van der Waals surface area contributed by atoms with E-state index in [9.17, 15) is 4.79 Å². The van der Waals surface area contributed by atoms with E-state index in [0.29, 0.717) is 17.6 Å². The van der Waals surface area contributed by atoms with Crippen LogP contribution in [0.4, 0.5) is 0 Å². The summed E-state index contributed by atoms with van der Waals surface area (Å²) < 4.78 is 1.06. The van der Waals surface area contributed by atoms with Crippen LogP contribution in [0.2, 0.25) is 0 Å². The molecule has 5 rings (SSSR count). The van der Waals surface area contributed by atoms with E-state index in [0.717, 1.165) is 29.9 Å². The molecule has 110 valence electrons. The van der Waals surface area contributed by atoms with Gasteiger partial charge in [-0.2, -0.15) is 0 Å². The summed E-state index contributed by atoms with van der Waals surface area (Å²) in [6.07, 6.45) is 0. The molecule has 5 nitrogen and oxygen atoms in total.